The fourth-order valence-electron chi connectivity index (χ4n) is 4.62. The van der Waals surface area contributed by atoms with Gasteiger partial charge >= 0.3 is 7.12 Å². The topological polar surface area (TPSA) is 47.6 Å². The van der Waals surface area contributed by atoms with Crippen molar-refractivity contribution in [3.63, 3.8) is 0 Å². The highest BCUT2D eigenvalue weighted by molar-refractivity contribution is 7.14. The van der Waals surface area contributed by atoms with Gasteiger partial charge in [-0.05, 0) is 88.0 Å². The highest BCUT2D eigenvalue weighted by Gasteiger charge is 2.51. The van der Waals surface area contributed by atoms with Crippen molar-refractivity contribution in [2.45, 2.75) is 70.0 Å². The fourth-order valence-corrected chi connectivity index (χ4v) is 5.91. The van der Waals surface area contributed by atoms with Crippen LogP contribution in [0.3, 0.4) is 0 Å². The zero-order chi connectivity index (χ0) is 20.6. The second-order valence-electron chi connectivity index (χ2n) is 9.42. The zero-order valence-electron chi connectivity index (χ0n) is 17.2. The van der Waals surface area contributed by atoms with E-state index in [1.54, 1.807) is 23.5 Å². The number of nitrogens with one attached hydrogen (secondary N) is 1. The number of amides is 1. The molecule has 152 valence electrons. The van der Waals surface area contributed by atoms with E-state index in [0.29, 0.717) is 22.2 Å². The average Bonchev–Trinajstić information content (AvgIpc) is 3.38. The number of carbonyl (C=O) groups is 1. The molecule has 1 aliphatic heterocycles. The van der Waals surface area contributed by atoms with Crippen LogP contribution in [-0.2, 0) is 9.31 Å². The van der Waals surface area contributed by atoms with Gasteiger partial charge in [0.2, 0.25) is 0 Å². The first-order valence-corrected chi connectivity index (χ1v) is 11.1. The summed E-state index contributed by atoms with van der Waals surface area (Å²) in [6.07, 6.45) is 3.68. The summed E-state index contributed by atoms with van der Waals surface area (Å²) in [4.78, 5) is 14.8. The molecule has 1 aromatic carbocycles. The number of thiophene rings is 1. The molecule has 1 amide bonds. The molecule has 29 heavy (non-hydrogen) atoms. The van der Waals surface area contributed by atoms with Crippen molar-refractivity contribution in [3.05, 3.63) is 45.4 Å². The standard InChI is InChI=1S/C22H25BFNO3S/c1-21(2)22(3,4)28-23(27-21)14-7-8-16(24)17(10-14)25-20(26)18-11-15-12-5-6-13(9-12)19(15)29-18/h7-8,10-13H,5-6,9H2,1-4H3,(H,25,26). The molecule has 2 heterocycles. The van der Waals surface area contributed by atoms with Gasteiger partial charge in [-0.2, -0.15) is 0 Å². The second-order valence-corrected chi connectivity index (χ2v) is 10.5. The van der Waals surface area contributed by atoms with E-state index in [1.807, 2.05) is 33.8 Å². The number of halogens is 1. The first kappa shape index (κ1) is 19.3. The number of benzene rings is 1. The van der Waals surface area contributed by atoms with Crippen molar-refractivity contribution in [2.24, 2.45) is 0 Å². The SMILES string of the molecule is CC1(C)OB(c2ccc(F)c(NC(=O)c3cc4c(s3)C3CCC4C3)c2)OC1(C)C. The van der Waals surface area contributed by atoms with E-state index in [9.17, 15) is 9.18 Å². The van der Waals surface area contributed by atoms with Gasteiger partial charge in [-0.1, -0.05) is 6.07 Å². The summed E-state index contributed by atoms with van der Waals surface area (Å²) in [5, 5.41) is 2.76. The molecule has 1 aromatic heterocycles. The largest absolute Gasteiger partial charge is 0.494 e. The summed E-state index contributed by atoms with van der Waals surface area (Å²) in [6, 6.07) is 6.62. The first-order chi connectivity index (χ1) is 13.6. The maximum absolute atomic E-state index is 14.4. The molecule has 3 aliphatic rings. The molecule has 4 nitrogen and oxygen atoms in total. The van der Waals surface area contributed by atoms with Gasteiger partial charge in [-0.15, -0.1) is 11.3 Å². The fraction of sp³-hybridized carbons (Fsp3) is 0.500. The monoisotopic (exact) mass is 413 g/mol. The van der Waals surface area contributed by atoms with Crippen molar-refractivity contribution in [3.8, 4) is 0 Å². The van der Waals surface area contributed by atoms with Crippen LogP contribution < -0.4 is 10.8 Å². The normalized spacial score (nSPS) is 26.0. The van der Waals surface area contributed by atoms with Crippen LogP contribution in [0.5, 0.6) is 0 Å². The molecule has 5 rings (SSSR count). The molecule has 0 spiro atoms. The van der Waals surface area contributed by atoms with Crippen LogP contribution >= 0.6 is 11.3 Å². The van der Waals surface area contributed by atoms with Crippen molar-refractivity contribution in [1.29, 1.82) is 0 Å². The molecule has 1 saturated heterocycles. The van der Waals surface area contributed by atoms with E-state index in [4.69, 9.17) is 9.31 Å². The maximum Gasteiger partial charge on any atom is 0.494 e. The van der Waals surface area contributed by atoms with Gasteiger partial charge in [0, 0.05) is 4.88 Å². The Morgan fingerprint density at radius 1 is 1.14 bits per heavy atom. The quantitative estimate of drug-likeness (QED) is 0.736. The zero-order valence-corrected chi connectivity index (χ0v) is 18.0. The molecule has 2 aliphatic carbocycles. The Hall–Kier alpha value is -1.70. The average molecular weight is 413 g/mol. The Morgan fingerprint density at radius 2 is 1.83 bits per heavy atom. The van der Waals surface area contributed by atoms with Gasteiger partial charge < -0.3 is 14.6 Å². The number of anilines is 1. The number of carbonyl (C=O) groups excluding carboxylic acids is 1. The third-order valence-corrected chi connectivity index (χ3v) is 8.33. The van der Waals surface area contributed by atoms with E-state index in [2.05, 4.69) is 5.32 Å². The van der Waals surface area contributed by atoms with Gasteiger partial charge in [0.05, 0.1) is 21.8 Å². The van der Waals surface area contributed by atoms with Gasteiger partial charge in [0.15, 0.2) is 0 Å². The Balaban J connectivity index is 1.37. The molecule has 7 heteroatoms. The highest BCUT2D eigenvalue weighted by Crippen LogP contribution is 2.55. The van der Waals surface area contributed by atoms with Gasteiger partial charge in [-0.25, -0.2) is 4.39 Å². The number of hydrogen-bond donors (Lipinski definition) is 1. The molecule has 2 aromatic rings. The molecule has 1 N–H and O–H groups in total. The third-order valence-electron chi connectivity index (χ3n) is 7.02. The summed E-state index contributed by atoms with van der Waals surface area (Å²) in [6.45, 7) is 7.90. The van der Waals surface area contributed by atoms with Crippen LogP contribution in [0.4, 0.5) is 10.1 Å². The van der Waals surface area contributed by atoms with E-state index in [0.717, 1.165) is 0 Å². The van der Waals surface area contributed by atoms with Crippen LogP contribution in [0.2, 0.25) is 0 Å². The third kappa shape index (κ3) is 3.06. The van der Waals surface area contributed by atoms with E-state index < -0.39 is 24.1 Å². The lowest BCUT2D eigenvalue weighted by Gasteiger charge is -2.32. The van der Waals surface area contributed by atoms with E-state index in [1.165, 1.54) is 35.8 Å². The minimum absolute atomic E-state index is 0.152. The van der Waals surface area contributed by atoms with Gasteiger partial charge in [0.25, 0.3) is 5.91 Å². The van der Waals surface area contributed by atoms with Gasteiger partial charge in [0.1, 0.15) is 5.82 Å². The highest BCUT2D eigenvalue weighted by atomic mass is 32.1. The van der Waals surface area contributed by atoms with Crippen LogP contribution in [-0.4, -0.2) is 24.2 Å². The summed E-state index contributed by atoms with van der Waals surface area (Å²) in [5.74, 6) is 0.498. The van der Waals surface area contributed by atoms with Crippen molar-refractivity contribution < 1.29 is 18.5 Å². The van der Waals surface area contributed by atoms with E-state index in [-0.39, 0.29) is 11.6 Å². The van der Waals surface area contributed by atoms with Crippen molar-refractivity contribution >= 4 is 35.5 Å². The molecular formula is C22H25BFNO3S. The van der Waals surface area contributed by atoms with Crippen molar-refractivity contribution in [2.75, 3.05) is 5.32 Å². The summed E-state index contributed by atoms with van der Waals surface area (Å²) >= 11 is 1.56. The molecular weight excluding hydrogens is 388 g/mol. The second kappa shape index (κ2) is 6.40. The predicted molar refractivity (Wildman–Crippen MR) is 114 cm³/mol. The molecule has 2 fully saturated rings. The van der Waals surface area contributed by atoms with Crippen LogP contribution in [0.25, 0.3) is 0 Å². The van der Waals surface area contributed by atoms with Gasteiger partial charge in [-0.3, -0.25) is 4.79 Å². The van der Waals surface area contributed by atoms with E-state index >= 15 is 0 Å². The Morgan fingerprint density at radius 3 is 2.52 bits per heavy atom. The lowest BCUT2D eigenvalue weighted by atomic mass is 9.79. The smallest absolute Gasteiger partial charge is 0.399 e. The number of fused-ring (bicyclic) bond motifs is 5. The van der Waals surface area contributed by atoms with Crippen LogP contribution in [0, 0.1) is 5.82 Å². The maximum atomic E-state index is 14.4. The summed E-state index contributed by atoms with van der Waals surface area (Å²) < 4.78 is 26.5. The van der Waals surface area contributed by atoms with Crippen LogP contribution in [0.15, 0.2) is 24.3 Å². The number of hydrogen-bond acceptors (Lipinski definition) is 4. The lowest BCUT2D eigenvalue weighted by molar-refractivity contribution is 0.00578. The molecule has 2 atom stereocenters. The molecule has 2 unspecified atom stereocenters. The molecule has 1 saturated carbocycles. The van der Waals surface area contributed by atoms with Crippen molar-refractivity contribution in [1.82, 2.24) is 0 Å². The first-order valence-electron chi connectivity index (χ1n) is 10.2. The summed E-state index contributed by atoms with van der Waals surface area (Å²) in [7, 11) is -0.600. The predicted octanol–water partition coefficient (Wildman–Crippen LogP) is 4.80. The minimum Gasteiger partial charge on any atom is -0.399 e. The Labute approximate surface area is 174 Å². The Bertz CT molecular complexity index is 958. The molecule has 0 radical (unpaired) electrons. The lowest BCUT2D eigenvalue weighted by Crippen LogP contribution is -2.41. The molecule has 2 bridgehead atoms. The minimum atomic E-state index is -0.600. The Kier molecular flexibility index (Phi) is 4.25. The summed E-state index contributed by atoms with van der Waals surface area (Å²) in [5.41, 5.74) is 1.22. The van der Waals surface area contributed by atoms with Crippen LogP contribution in [0.1, 0.15) is 78.9 Å². The number of rotatable bonds is 3.